The highest BCUT2D eigenvalue weighted by Gasteiger charge is 2.20. The van der Waals surface area contributed by atoms with Crippen LogP contribution < -0.4 is 9.80 Å². The van der Waals surface area contributed by atoms with E-state index in [1.807, 2.05) is 41.3 Å². The van der Waals surface area contributed by atoms with Crippen molar-refractivity contribution in [1.29, 1.82) is 0 Å². The van der Waals surface area contributed by atoms with Crippen molar-refractivity contribution in [1.82, 2.24) is 4.98 Å². The Labute approximate surface area is 169 Å². The maximum absolute atomic E-state index is 13.0. The summed E-state index contributed by atoms with van der Waals surface area (Å²) in [7, 11) is 4.27. The van der Waals surface area contributed by atoms with E-state index in [1.165, 1.54) is 4.90 Å². The Morgan fingerprint density at radius 1 is 1.15 bits per heavy atom. The molecule has 142 valence electrons. The molecule has 0 atom stereocenters. The summed E-state index contributed by atoms with van der Waals surface area (Å²) in [6, 6.07) is 16.3. The Hall–Kier alpha value is -1.89. The average molecular weight is 401 g/mol. The minimum atomic E-state index is 0.120. The third kappa shape index (κ3) is 5.31. The summed E-state index contributed by atoms with van der Waals surface area (Å²) in [5, 5.41) is 0.812. The SMILES string of the molecule is Cc1cccc2sc(N(CCC[NH+](C)C)C(=O)CSc3ccccc3)nc12. The number of thioether (sulfide) groups is 1. The molecule has 0 aliphatic rings. The van der Waals surface area contributed by atoms with Crippen LogP contribution >= 0.6 is 23.1 Å². The van der Waals surface area contributed by atoms with Crippen molar-refractivity contribution in [3.63, 3.8) is 0 Å². The van der Waals surface area contributed by atoms with Crippen LogP contribution in [-0.4, -0.2) is 43.8 Å². The number of quaternary nitrogens is 1. The lowest BCUT2D eigenvalue weighted by atomic mass is 10.2. The molecule has 0 spiro atoms. The van der Waals surface area contributed by atoms with Crippen molar-refractivity contribution in [3.8, 4) is 0 Å². The van der Waals surface area contributed by atoms with Gasteiger partial charge in [-0.05, 0) is 30.7 Å². The van der Waals surface area contributed by atoms with Crippen molar-refractivity contribution in [3.05, 3.63) is 54.1 Å². The Balaban J connectivity index is 1.78. The van der Waals surface area contributed by atoms with Crippen LogP contribution in [0, 0.1) is 6.92 Å². The molecule has 4 nitrogen and oxygen atoms in total. The Morgan fingerprint density at radius 2 is 1.93 bits per heavy atom. The molecule has 3 aromatic rings. The number of hydrogen-bond acceptors (Lipinski definition) is 4. The summed E-state index contributed by atoms with van der Waals surface area (Å²) in [6.45, 7) is 3.80. The number of carbonyl (C=O) groups is 1. The molecule has 0 aliphatic carbocycles. The molecule has 1 N–H and O–H groups in total. The molecule has 0 aliphatic heterocycles. The number of para-hydroxylation sites is 1. The summed E-state index contributed by atoms with van der Waals surface area (Å²) < 4.78 is 1.14. The third-order valence-corrected chi connectivity index (χ3v) is 6.35. The van der Waals surface area contributed by atoms with Crippen molar-refractivity contribution in [2.75, 3.05) is 37.8 Å². The maximum atomic E-state index is 13.0. The van der Waals surface area contributed by atoms with E-state index in [0.717, 1.165) is 38.8 Å². The molecular formula is C21H26N3OS2+. The van der Waals surface area contributed by atoms with Gasteiger partial charge in [-0.1, -0.05) is 41.7 Å². The first-order chi connectivity index (χ1) is 13.0. The van der Waals surface area contributed by atoms with E-state index in [1.54, 1.807) is 23.1 Å². The lowest BCUT2D eigenvalue weighted by molar-refractivity contribution is -0.858. The Kier molecular flexibility index (Phi) is 6.88. The van der Waals surface area contributed by atoms with Crippen molar-refractivity contribution >= 4 is 44.4 Å². The highest BCUT2D eigenvalue weighted by molar-refractivity contribution is 8.00. The first kappa shape index (κ1) is 19.9. The number of amides is 1. The van der Waals surface area contributed by atoms with E-state index in [4.69, 9.17) is 4.98 Å². The second-order valence-electron chi connectivity index (χ2n) is 6.88. The molecule has 0 fully saturated rings. The molecular weight excluding hydrogens is 374 g/mol. The number of fused-ring (bicyclic) bond motifs is 1. The van der Waals surface area contributed by atoms with E-state index in [0.29, 0.717) is 12.3 Å². The number of aryl methyl sites for hydroxylation is 1. The molecule has 0 bridgehead atoms. The lowest BCUT2D eigenvalue weighted by Gasteiger charge is -2.20. The minimum Gasteiger partial charge on any atom is -0.340 e. The molecule has 2 aromatic carbocycles. The zero-order valence-corrected chi connectivity index (χ0v) is 17.7. The molecule has 0 radical (unpaired) electrons. The quantitative estimate of drug-likeness (QED) is 0.590. The number of nitrogens with zero attached hydrogens (tertiary/aromatic N) is 2. The Bertz CT molecular complexity index is 893. The summed E-state index contributed by atoms with van der Waals surface area (Å²) in [4.78, 5) is 22.2. The summed E-state index contributed by atoms with van der Waals surface area (Å²) in [5.41, 5.74) is 2.16. The molecule has 3 rings (SSSR count). The smallest absolute Gasteiger partial charge is 0.239 e. The average Bonchev–Trinajstić information content (AvgIpc) is 3.09. The number of anilines is 1. The van der Waals surface area contributed by atoms with Gasteiger partial charge in [0.1, 0.15) is 0 Å². The highest BCUT2D eigenvalue weighted by atomic mass is 32.2. The van der Waals surface area contributed by atoms with Gasteiger partial charge in [-0.15, -0.1) is 11.8 Å². The lowest BCUT2D eigenvalue weighted by Crippen LogP contribution is -3.05. The predicted octanol–water partition coefficient (Wildman–Crippen LogP) is 3.26. The predicted molar refractivity (Wildman–Crippen MR) is 116 cm³/mol. The standard InChI is InChI=1S/C21H25N3OS2/c1-16-9-7-12-18-20(16)22-21(27-18)24(14-8-13-23(2)3)19(25)15-26-17-10-5-4-6-11-17/h4-7,9-12H,8,13-15H2,1-3H3/p+1. The van der Waals surface area contributed by atoms with Crippen LogP contribution in [-0.2, 0) is 4.79 Å². The van der Waals surface area contributed by atoms with E-state index in [9.17, 15) is 4.79 Å². The van der Waals surface area contributed by atoms with Gasteiger partial charge in [0.05, 0.1) is 36.6 Å². The van der Waals surface area contributed by atoms with Gasteiger partial charge in [0.25, 0.3) is 0 Å². The van der Waals surface area contributed by atoms with Gasteiger partial charge in [0.2, 0.25) is 5.91 Å². The number of thiazole rings is 1. The molecule has 0 saturated carbocycles. The first-order valence-corrected chi connectivity index (χ1v) is 11.0. The summed E-state index contributed by atoms with van der Waals surface area (Å²) in [5.74, 6) is 0.544. The van der Waals surface area contributed by atoms with Gasteiger partial charge in [-0.25, -0.2) is 4.98 Å². The number of rotatable bonds is 8. The highest BCUT2D eigenvalue weighted by Crippen LogP contribution is 2.31. The molecule has 0 unspecified atom stereocenters. The van der Waals surface area contributed by atoms with Gasteiger partial charge in [0.15, 0.2) is 5.13 Å². The zero-order valence-electron chi connectivity index (χ0n) is 16.1. The molecule has 27 heavy (non-hydrogen) atoms. The number of nitrogens with one attached hydrogen (secondary N) is 1. The fourth-order valence-electron chi connectivity index (χ4n) is 2.85. The second kappa shape index (κ2) is 9.35. The first-order valence-electron chi connectivity index (χ1n) is 9.18. The van der Waals surface area contributed by atoms with Crippen molar-refractivity contribution in [2.24, 2.45) is 0 Å². The molecule has 6 heteroatoms. The number of aromatic nitrogens is 1. The van der Waals surface area contributed by atoms with Crippen LogP contribution in [0.2, 0.25) is 0 Å². The molecule has 0 saturated heterocycles. The van der Waals surface area contributed by atoms with Crippen LogP contribution in [0.15, 0.2) is 53.4 Å². The fraction of sp³-hybridized carbons (Fsp3) is 0.333. The van der Waals surface area contributed by atoms with E-state index in [2.05, 4.69) is 33.2 Å². The Morgan fingerprint density at radius 3 is 2.63 bits per heavy atom. The van der Waals surface area contributed by atoms with E-state index in [-0.39, 0.29) is 5.91 Å². The maximum Gasteiger partial charge on any atom is 0.239 e. The molecule has 1 heterocycles. The van der Waals surface area contributed by atoms with Crippen LogP contribution in [0.1, 0.15) is 12.0 Å². The normalized spacial score (nSPS) is 11.3. The summed E-state index contributed by atoms with van der Waals surface area (Å²) >= 11 is 3.19. The molecule has 1 aromatic heterocycles. The zero-order chi connectivity index (χ0) is 19.2. The van der Waals surface area contributed by atoms with Crippen LogP contribution in [0.3, 0.4) is 0 Å². The minimum absolute atomic E-state index is 0.120. The number of benzene rings is 2. The van der Waals surface area contributed by atoms with Crippen molar-refractivity contribution < 1.29 is 9.69 Å². The van der Waals surface area contributed by atoms with Gasteiger partial charge in [0, 0.05) is 17.9 Å². The van der Waals surface area contributed by atoms with Crippen molar-refractivity contribution in [2.45, 2.75) is 18.2 Å². The number of carbonyl (C=O) groups excluding carboxylic acids is 1. The monoisotopic (exact) mass is 400 g/mol. The summed E-state index contributed by atoms with van der Waals surface area (Å²) in [6.07, 6.45) is 0.957. The van der Waals surface area contributed by atoms with Crippen LogP contribution in [0.5, 0.6) is 0 Å². The topological polar surface area (TPSA) is 37.6 Å². The number of hydrogen-bond donors (Lipinski definition) is 1. The third-order valence-electron chi connectivity index (χ3n) is 4.31. The van der Waals surface area contributed by atoms with E-state index < -0.39 is 0 Å². The van der Waals surface area contributed by atoms with Gasteiger partial charge < -0.3 is 4.90 Å². The van der Waals surface area contributed by atoms with Crippen LogP contribution in [0.4, 0.5) is 5.13 Å². The van der Waals surface area contributed by atoms with E-state index >= 15 is 0 Å². The van der Waals surface area contributed by atoms with Gasteiger partial charge >= 0.3 is 0 Å². The van der Waals surface area contributed by atoms with Gasteiger partial charge in [-0.2, -0.15) is 0 Å². The second-order valence-corrected chi connectivity index (χ2v) is 8.93. The van der Waals surface area contributed by atoms with Crippen LogP contribution in [0.25, 0.3) is 10.2 Å². The largest absolute Gasteiger partial charge is 0.340 e. The van der Waals surface area contributed by atoms with Gasteiger partial charge in [-0.3, -0.25) is 9.69 Å². The molecule has 1 amide bonds. The fourth-order valence-corrected chi connectivity index (χ4v) is 4.73.